The van der Waals surface area contributed by atoms with Gasteiger partial charge in [-0.25, -0.2) is 27.5 Å². The van der Waals surface area contributed by atoms with Crippen molar-refractivity contribution in [2.24, 2.45) is 16.6 Å². The summed E-state index contributed by atoms with van der Waals surface area (Å²) in [4.78, 5) is 24.0. The molecular formula is C19H17F4N5O2S. The monoisotopic (exact) mass is 455 g/mol. The summed E-state index contributed by atoms with van der Waals surface area (Å²) in [5.74, 6) is -1.73. The van der Waals surface area contributed by atoms with Crippen LogP contribution in [0.2, 0.25) is 0 Å². The Bertz CT molecular complexity index is 1020. The molecule has 2 aliphatic rings. The van der Waals surface area contributed by atoms with Gasteiger partial charge >= 0.3 is 0 Å². The molecular weight excluding hydrogens is 438 g/mol. The Morgan fingerprint density at radius 2 is 2.13 bits per heavy atom. The van der Waals surface area contributed by atoms with E-state index in [1.54, 1.807) is 0 Å². The molecule has 164 valence electrons. The second-order valence-electron chi connectivity index (χ2n) is 7.10. The number of benzene rings is 1. The molecule has 0 aliphatic carbocycles. The highest BCUT2D eigenvalue weighted by Gasteiger charge is 2.51. The first-order chi connectivity index (χ1) is 14.8. The number of anilines is 1. The summed E-state index contributed by atoms with van der Waals surface area (Å²) in [6.07, 6.45) is -2.45. The largest absolute Gasteiger partial charge is 0.379 e. The molecule has 0 unspecified atom stereocenters. The minimum absolute atomic E-state index is 0.0417. The average Bonchev–Trinajstić information content (AvgIpc) is 2.75. The maximum Gasteiger partial charge on any atom is 0.281 e. The first-order valence-electron chi connectivity index (χ1n) is 9.21. The Morgan fingerprint density at radius 3 is 2.84 bits per heavy atom. The summed E-state index contributed by atoms with van der Waals surface area (Å²) in [5, 5.41) is 2.70. The number of aromatic nitrogens is 2. The molecule has 0 bridgehead atoms. The van der Waals surface area contributed by atoms with Gasteiger partial charge in [0.05, 0.1) is 25.6 Å². The number of ether oxygens (including phenoxy) is 1. The summed E-state index contributed by atoms with van der Waals surface area (Å²) >= 11 is 1.19. The van der Waals surface area contributed by atoms with Gasteiger partial charge in [0.2, 0.25) is 0 Å². The summed E-state index contributed by atoms with van der Waals surface area (Å²) < 4.78 is 60.0. The molecule has 31 heavy (non-hydrogen) atoms. The fraction of sp³-hybridized carbons (Fsp3) is 0.368. The van der Waals surface area contributed by atoms with Crippen LogP contribution in [0.25, 0.3) is 0 Å². The lowest BCUT2D eigenvalue weighted by atomic mass is 9.75. The maximum absolute atomic E-state index is 14.9. The van der Waals surface area contributed by atoms with Crippen molar-refractivity contribution in [1.29, 1.82) is 0 Å². The van der Waals surface area contributed by atoms with Crippen LogP contribution in [0.5, 0.6) is 0 Å². The van der Waals surface area contributed by atoms with Crippen molar-refractivity contribution >= 4 is 28.5 Å². The molecule has 1 amide bonds. The highest BCUT2D eigenvalue weighted by atomic mass is 32.2. The van der Waals surface area contributed by atoms with Crippen LogP contribution in [0, 0.1) is 11.7 Å². The van der Waals surface area contributed by atoms with Crippen LogP contribution in [0.4, 0.5) is 23.2 Å². The number of nitrogens with one attached hydrogen (secondary N) is 1. The molecule has 0 spiro atoms. The fourth-order valence-corrected chi connectivity index (χ4v) is 4.71. The van der Waals surface area contributed by atoms with E-state index in [1.807, 2.05) is 0 Å². The van der Waals surface area contributed by atoms with Crippen LogP contribution in [-0.4, -0.2) is 46.2 Å². The van der Waals surface area contributed by atoms with Crippen molar-refractivity contribution in [2.75, 3.05) is 24.3 Å². The third kappa shape index (κ3) is 4.09. The molecule has 3 N–H and O–H groups in total. The zero-order valence-electron chi connectivity index (χ0n) is 15.9. The quantitative estimate of drug-likeness (QED) is 0.687. The molecule has 0 saturated carbocycles. The topological polar surface area (TPSA) is 102 Å². The van der Waals surface area contributed by atoms with Crippen LogP contribution in [0.3, 0.4) is 0 Å². The highest BCUT2D eigenvalue weighted by Crippen LogP contribution is 2.46. The van der Waals surface area contributed by atoms with E-state index in [4.69, 9.17) is 10.5 Å². The Hall–Kier alpha value is -2.73. The number of carbonyl (C=O) groups is 1. The number of hydrogen-bond donors (Lipinski definition) is 2. The predicted molar refractivity (Wildman–Crippen MR) is 106 cm³/mol. The number of fused-ring (bicyclic) bond motifs is 1. The van der Waals surface area contributed by atoms with Gasteiger partial charge in [-0.2, -0.15) is 0 Å². The summed E-state index contributed by atoms with van der Waals surface area (Å²) in [5.41, 5.74) is 3.96. The van der Waals surface area contributed by atoms with Gasteiger partial charge in [-0.3, -0.25) is 9.78 Å². The van der Waals surface area contributed by atoms with E-state index < -0.39 is 41.5 Å². The van der Waals surface area contributed by atoms with Gasteiger partial charge in [0, 0.05) is 22.9 Å². The molecule has 1 aromatic carbocycles. The molecule has 2 aliphatic heterocycles. The summed E-state index contributed by atoms with van der Waals surface area (Å²) in [6.45, 7) is -0.179. The van der Waals surface area contributed by atoms with Gasteiger partial charge in [-0.15, -0.1) is 0 Å². The standard InChI is InChI=1S/C19H17F4N5O2S/c20-12-2-1-9(27-17(29)15-5-25-14(4-26-15)16(22)23)3-10(12)19-8-30-6-13(21)11(19)7-31-18(24)28-19/h1-5,11,13,16H,6-8H2,(H2,24,28)(H,27,29)/t11-,13-,19-/m1/s1. The van der Waals surface area contributed by atoms with E-state index in [0.29, 0.717) is 5.75 Å². The third-order valence-corrected chi connectivity index (χ3v) is 6.10. The zero-order chi connectivity index (χ0) is 22.2. The number of rotatable bonds is 4. The van der Waals surface area contributed by atoms with Crippen molar-refractivity contribution < 1.29 is 27.1 Å². The lowest BCUT2D eigenvalue weighted by Gasteiger charge is -2.45. The first kappa shape index (κ1) is 21.5. The summed E-state index contributed by atoms with van der Waals surface area (Å²) in [6, 6.07) is 3.78. The third-order valence-electron chi connectivity index (χ3n) is 5.19. The van der Waals surface area contributed by atoms with Gasteiger partial charge in [-0.05, 0) is 18.2 Å². The smallest absolute Gasteiger partial charge is 0.281 e. The van der Waals surface area contributed by atoms with Crippen LogP contribution >= 0.6 is 11.8 Å². The van der Waals surface area contributed by atoms with E-state index in [1.165, 1.54) is 23.9 Å². The average molecular weight is 455 g/mol. The van der Waals surface area contributed by atoms with Crippen molar-refractivity contribution in [3.05, 3.63) is 53.4 Å². The summed E-state index contributed by atoms with van der Waals surface area (Å²) in [7, 11) is 0. The minimum atomic E-state index is -2.81. The van der Waals surface area contributed by atoms with E-state index in [9.17, 15) is 22.4 Å². The number of halogens is 4. The highest BCUT2D eigenvalue weighted by molar-refractivity contribution is 8.13. The predicted octanol–water partition coefficient (Wildman–Crippen LogP) is 3.05. The number of alkyl halides is 3. The molecule has 12 heteroatoms. The van der Waals surface area contributed by atoms with Crippen molar-refractivity contribution in [1.82, 2.24) is 9.97 Å². The molecule has 4 rings (SSSR count). The van der Waals surface area contributed by atoms with E-state index in [-0.39, 0.29) is 35.3 Å². The molecule has 3 heterocycles. The van der Waals surface area contributed by atoms with E-state index in [2.05, 4.69) is 20.3 Å². The zero-order valence-corrected chi connectivity index (χ0v) is 16.7. The number of amides is 1. The van der Waals surface area contributed by atoms with Gasteiger partial charge in [0.25, 0.3) is 12.3 Å². The number of amidine groups is 1. The fourth-order valence-electron chi connectivity index (χ4n) is 3.65. The molecule has 0 radical (unpaired) electrons. The van der Waals surface area contributed by atoms with Gasteiger partial charge in [0.15, 0.2) is 5.17 Å². The molecule has 2 aromatic rings. The van der Waals surface area contributed by atoms with Crippen molar-refractivity contribution in [3.63, 3.8) is 0 Å². The van der Waals surface area contributed by atoms with Crippen LogP contribution in [-0.2, 0) is 10.3 Å². The number of hydrogen-bond acceptors (Lipinski definition) is 7. The molecule has 1 saturated heterocycles. The van der Waals surface area contributed by atoms with Crippen LogP contribution in [0.1, 0.15) is 28.2 Å². The first-order valence-corrected chi connectivity index (χ1v) is 10.2. The molecule has 1 aromatic heterocycles. The number of nitrogens with zero attached hydrogens (tertiary/aromatic N) is 3. The lowest BCUT2D eigenvalue weighted by molar-refractivity contribution is -0.0526. The number of carbonyl (C=O) groups excluding carboxylic acids is 1. The van der Waals surface area contributed by atoms with Crippen molar-refractivity contribution in [2.45, 2.75) is 18.1 Å². The van der Waals surface area contributed by atoms with Gasteiger partial charge < -0.3 is 15.8 Å². The molecule has 3 atom stereocenters. The van der Waals surface area contributed by atoms with E-state index in [0.717, 1.165) is 18.5 Å². The van der Waals surface area contributed by atoms with Crippen LogP contribution < -0.4 is 11.1 Å². The van der Waals surface area contributed by atoms with Gasteiger partial charge in [-0.1, -0.05) is 11.8 Å². The van der Waals surface area contributed by atoms with Crippen LogP contribution in [0.15, 0.2) is 35.6 Å². The molecule has 1 fully saturated rings. The Morgan fingerprint density at radius 1 is 1.32 bits per heavy atom. The number of aliphatic imine (C=N–C) groups is 1. The van der Waals surface area contributed by atoms with Gasteiger partial charge in [0.1, 0.15) is 28.9 Å². The Labute approximate surface area is 178 Å². The second kappa shape index (κ2) is 8.42. The number of thioether (sulfide) groups is 1. The maximum atomic E-state index is 14.9. The Kier molecular flexibility index (Phi) is 5.84. The van der Waals surface area contributed by atoms with Crippen molar-refractivity contribution in [3.8, 4) is 0 Å². The van der Waals surface area contributed by atoms with E-state index >= 15 is 0 Å². The number of nitrogens with two attached hydrogens (primary N) is 1. The minimum Gasteiger partial charge on any atom is -0.379 e. The SMILES string of the molecule is NC1=N[C@@]2(c3cc(NC(=O)c4cnc(C(F)F)cn4)ccc3F)COC[C@@H](F)[C@H]2CS1. The normalized spacial score (nSPS) is 25.6. The second-order valence-corrected chi connectivity index (χ2v) is 8.14. The molecule has 7 nitrogen and oxygen atoms in total. The Balaban J connectivity index is 1.65. The lowest BCUT2D eigenvalue weighted by Crippen LogP contribution is -2.53.